The van der Waals surface area contributed by atoms with Gasteiger partial charge in [-0.3, -0.25) is 10.1 Å². The summed E-state index contributed by atoms with van der Waals surface area (Å²) in [6.07, 6.45) is 1.47. The predicted octanol–water partition coefficient (Wildman–Crippen LogP) is 3.14. The Bertz CT molecular complexity index is 406. The van der Waals surface area contributed by atoms with Crippen LogP contribution in [0.5, 0.6) is 0 Å². The van der Waals surface area contributed by atoms with Crippen LogP contribution < -0.4 is 0 Å². The number of fused-ring (bicyclic) bond motifs is 1. The summed E-state index contributed by atoms with van der Waals surface area (Å²) >= 11 is 3.40. The molecule has 0 saturated carbocycles. The van der Waals surface area contributed by atoms with E-state index in [4.69, 9.17) is 0 Å². The maximum Gasteiger partial charge on any atom is 0.219 e. The van der Waals surface area contributed by atoms with E-state index in [9.17, 15) is 10.1 Å². The van der Waals surface area contributed by atoms with E-state index in [0.29, 0.717) is 6.42 Å². The summed E-state index contributed by atoms with van der Waals surface area (Å²) < 4.78 is 0.997. The van der Waals surface area contributed by atoms with Crippen LogP contribution in [0.1, 0.15) is 30.4 Å². The molecule has 0 N–H and O–H groups in total. The fourth-order valence-electron chi connectivity index (χ4n) is 2.27. The second kappa shape index (κ2) is 3.93. The van der Waals surface area contributed by atoms with Crippen molar-refractivity contribution in [3.63, 3.8) is 0 Å². The Kier molecular flexibility index (Phi) is 2.78. The van der Waals surface area contributed by atoms with Crippen molar-refractivity contribution in [1.29, 1.82) is 0 Å². The maximum atomic E-state index is 10.9. The molecular formula is C11H12BrNO2. The van der Waals surface area contributed by atoms with E-state index in [2.05, 4.69) is 22.0 Å². The standard InChI is InChI=1S/C11H12BrNO2/c1-7-10-6-9(12)4-2-8(10)3-5-11(7)13(14)15/h2,4,6-7,11H,3,5H2,1H3/t7-,11-/m1/s1. The third-order valence-corrected chi connectivity index (χ3v) is 3.65. The molecule has 0 heterocycles. The van der Waals surface area contributed by atoms with Crippen molar-refractivity contribution in [3.8, 4) is 0 Å². The lowest BCUT2D eigenvalue weighted by Crippen LogP contribution is -2.30. The molecule has 0 fully saturated rings. The number of hydrogen-bond donors (Lipinski definition) is 0. The quantitative estimate of drug-likeness (QED) is 0.581. The summed E-state index contributed by atoms with van der Waals surface area (Å²) in [4.78, 5) is 10.7. The van der Waals surface area contributed by atoms with E-state index < -0.39 is 6.04 Å². The molecule has 0 radical (unpaired) electrons. The van der Waals surface area contributed by atoms with Gasteiger partial charge in [0.05, 0.1) is 0 Å². The zero-order valence-electron chi connectivity index (χ0n) is 8.44. The minimum atomic E-state index is -0.424. The van der Waals surface area contributed by atoms with Crippen LogP contribution in [0.4, 0.5) is 0 Å². The molecule has 1 aliphatic carbocycles. The lowest BCUT2D eigenvalue weighted by Gasteiger charge is -2.25. The number of rotatable bonds is 1. The fourth-order valence-corrected chi connectivity index (χ4v) is 2.64. The van der Waals surface area contributed by atoms with Gasteiger partial charge in [0.1, 0.15) is 0 Å². The first-order valence-corrected chi connectivity index (χ1v) is 5.80. The number of halogens is 1. The number of aryl methyl sites for hydroxylation is 1. The average Bonchev–Trinajstić information content (AvgIpc) is 2.19. The highest BCUT2D eigenvalue weighted by Gasteiger charge is 2.34. The number of nitrogens with zero attached hydrogens (tertiary/aromatic N) is 1. The summed E-state index contributed by atoms with van der Waals surface area (Å²) in [6, 6.07) is 5.64. The second-order valence-corrected chi connectivity index (χ2v) is 4.94. The molecule has 0 aliphatic heterocycles. The molecule has 0 bridgehead atoms. The molecule has 2 rings (SSSR count). The molecule has 0 spiro atoms. The van der Waals surface area contributed by atoms with Crippen LogP contribution in [-0.2, 0) is 6.42 Å². The van der Waals surface area contributed by atoms with E-state index in [-0.39, 0.29) is 10.8 Å². The van der Waals surface area contributed by atoms with Crippen LogP contribution in [-0.4, -0.2) is 11.0 Å². The summed E-state index contributed by atoms with van der Waals surface area (Å²) in [5, 5.41) is 10.9. The summed E-state index contributed by atoms with van der Waals surface area (Å²) in [6.45, 7) is 1.94. The number of nitro groups is 1. The summed E-state index contributed by atoms with van der Waals surface area (Å²) in [5.74, 6) is 0.0150. The van der Waals surface area contributed by atoms with Gasteiger partial charge in [-0.2, -0.15) is 0 Å². The maximum absolute atomic E-state index is 10.9. The molecule has 0 unspecified atom stereocenters. The first kappa shape index (κ1) is 10.6. The lowest BCUT2D eigenvalue weighted by atomic mass is 9.81. The molecule has 1 aliphatic rings. The Morgan fingerprint density at radius 2 is 2.27 bits per heavy atom. The van der Waals surface area contributed by atoms with Crippen molar-refractivity contribution >= 4 is 15.9 Å². The van der Waals surface area contributed by atoms with Gasteiger partial charge in [0.25, 0.3) is 0 Å². The van der Waals surface area contributed by atoms with Crippen molar-refractivity contribution in [1.82, 2.24) is 0 Å². The van der Waals surface area contributed by atoms with E-state index in [0.717, 1.165) is 16.5 Å². The van der Waals surface area contributed by atoms with Crippen LogP contribution >= 0.6 is 15.9 Å². The van der Waals surface area contributed by atoms with Crippen molar-refractivity contribution in [3.05, 3.63) is 43.9 Å². The number of hydrogen-bond acceptors (Lipinski definition) is 2. The summed E-state index contributed by atoms with van der Waals surface area (Å²) in [7, 11) is 0. The second-order valence-electron chi connectivity index (χ2n) is 4.02. The largest absolute Gasteiger partial charge is 0.264 e. The van der Waals surface area contributed by atoms with E-state index in [1.807, 2.05) is 19.1 Å². The molecule has 1 aromatic carbocycles. The Morgan fingerprint density at radius 3 is 2.93 bits per heavy atom. The van der Waals surface area contributed by atoms with E-state index >= 15 is 0 Å². The zero-order chi connectivity index (χ0) is 11.0. The Balaban J connectivity index is 2.40. The topological polar surface area (TPSA) is 43.1 Å². The highest BCUT2D eigenvalue weighted by molar-refractivity contribution is 9.10. The van der Waals surface area contributed by atoms with Crippen LogP contribution in [0, 0.1) is 10.1 Å². The highest BCUT2D eigenvalue weighted by Crippen LogP contribution is 2.34. The van der Waals surface area contributed by atoms with Gasteiger partial charge in [-0.25, -0.2) is 0 Å². The predicted molar refractivity (Wildman–Crippen MR) is 61.7 cm³/mol. The molecule has 2 atom stereocenters. The first-order valence-electron chi connectivity index (χ1n) is 5.01. The minimum absolute atomic E-state index is 0.0150. The van der Waals surface area contributed by atoms with E-state index in [1.165, 1.54) is 5.56 Å². The molecule has 1 aromatic rings. The normalized spacial score (nSPS) is 24.7. The van der Waals surface area contributed by atoms with Gasteiger partial charge >= 0.3 is 0 Å². The van der Waals surface area contributed by atoms with Crippen molar-refractivity contribution in [2.24, 2.45) is 0 Å². The molecule has 0 aromatic heterocycles. The van der Waals surface area contributed by atoms with Gasteiger partial charge < -0.3 is 0 Å². The Hall–Kier alpha value is -0.900. The van der Waals surface area contributed by atoms with E-state index in [1.54, 1.807) is 0 Å². The molecule has 80 valence electrons. The van der Waals surface area contributed by atoms with Gasteiger partial charge in [0.15, 0.2) is 0 Å². The molecule has 4 heteroatoms. The smallest absolute Gasteiger partial charge is 0.219 e. The van der Waals surface area contributed by atoms with Gasteiger partial charge in [-0.1, -0.05) is 28.9 Å². The van der Waals surface area contributed by atoms with Crippen molar-refractivity contribution in [2.75, 3.05) is 0 Å². The van der Waals surface area contributed by atoms with Gasteiger partial charge in [-0.15, -0.1) is 0 Å². The van der Waals surface area contributed by atoms with Crippen molar-refractivity contribution in [2.45, 2.75) is 31.7 Å². The lowest BCUT2D eigenvalue weighted by molar-refractivity contribution is -0.527. The van der Waals surface area contributed by atoms with Crippen LogP contribution in [0.2, 0.25) is 0 Å². The molecule has 0 amide bonds. The van der Waals surface area contributed by atoms with Gasteiger partial charge in [0.2, 0.25) is 6.04 Å². The third kappa shape index (κ3) is 1.91. The SMILES string of the molecule is C[C@@H]1c2cc(Br)ccc2CC[C@H]1[N+](=O)[O-]. The summed E-state index contributed by atoms with van der Waals surface area (Å²) in [5.41, 5.74) is 2.38. The average molecular weight is 270 g/mol. The minimum Gasteiger partial charge on any atom is -0.264 e. The first-order chi connectivity index (χ1) is 7.09. The van der Waals surface area contributed by atoms with Gasteiger partial charge in [0, 0.05) is 21.7 Å². The number of benzene rings is 1. The molecular weight excluding hydrogens is 258 g/mol. The Morgan fingerprint density at radius 1 is 1.53 bits per heavy atom. The third-order valence-electron chi connectivity index (χ3n) is 3.16. The van der Waals surface area contributed by atoms with Crippen LogP contribution in [0.25, 0.3) is 0 Å². The molecule has 15 heavy (non-hydrogen) atoms. The van der Waals surface area contributed by atoms with Crippen molar-refractivity contribution < 1.29 is 4.92 Å². The van der Waals surface area contributed by atoms with Crippen LogP contribution in [0.3, 0.4) is 0 Å². The van der Waals surface area contributed by atoms with Gasteiger partial charge in [-0.05, 0) is 29.7 Å². The van der Waals surface area contributed by atoms with Crippen LogP contribution in [0.15, 0.2) is 22.7 Å². The zero-order valence-corrected chi connectivity index (χ0v) is 10.0. The Labute approximate surface area is 96.8 Å². The fraction of sp³-hybridized carbons (Fsp3) is 0.455. The highest BCUT2D eigenvalue weighted by atomic mass is 79.9. The molecule has 3 nitrogen and oxygen atoms in total. The molecule has 0 saturated heterocycles. The monoisotopic (exact) mass is 269 g/mol.